The molecule has 0 spiro atoms. The minimum absolute atomic E-state index is 0.644. The Labute approximate surface area is 120 Å². The molecule has 0 aliphatic carbocycles. The monoisotopic (exact) mass is 274 g/mol. The van der Waals surface area contributed by atoms with Crippen LogP contribution in [-0.4, -0.2) is 34.3 Å². The highest BCUT2D eigenvalue weighted by Crippen LogP contribution is 2.34. The van der Waals surface area contributed by atoms with Crippen molar-refractivity contribution in [3.8, 4) is 0 Å². The molecule has 108 valence electrons. The second kappa shape index (κ2) is 5.52. The van der Waals surface area contributed by atoms with E-state index >= 15 is 0 Å². The molecule has 1 aromatic rings. The predicted octanol–water partition coefficient (Wildman–Crippen LogP) is 3.18. The van der Waals surface area contributed by atoms with E-state index in [4.69, 9.17) is 4.52 Å². The zero-order chi connectivity index (χ0) is 14.0. The summed E-state index contributed by atoms with van der Waals surface area (Å²) in [5.41, 5.74) is 1.00. The van der Waals surface area contributed by atoms with Gasteiger partial charge in [0.1, 0.15) is 6.54 Å². The molecule has 3 saturated heterocycles. The molecule has 0 amide bonds. The van der Waals surface area contributed by atoms with Crippen molar-refractivity contribution in [3.05, 3.63) is 29.9 Å². The lowest BCUT2D eigenvalue weighted by Crippen LogP contribution is -2.57. The van der Waals surface area contributed by atoms with Crippen molar-refractivity contribution in [2.24, 2.45) is 5.92 Å². The zero-order valence-electron chi connectivity index (χ0n) is 12.5. The summed E-state index contributed by atoms with van der Waals surface area (Å²) in [5.74, 6) is 2.50. The van der Waals surface area contributed by atoms with Gasteiger partial charge in [0.15, 0.2) is 0 Å². The number of hydrogen-bond donors (Lipinski definition) is 0. The first-order valence-corrected chi connectivity index (χ1v) is 7.72. The summed E-state index contributed by atoms with van der Waals surface area (Å²) >= 11 is 0. The Morgan fingerprint density at radius 2 is 1.95 bits per heavy atom. The summed E-state index contributed by atoms with van der Waals surface area (Å²) in [7, 11) is 0. The van der Waals surface area contributed by atoms with Crippen LogP contribution in [0, 0.1) is 5.92 Å². The summed E-state index contributed by atoms with van der Waals surface area (Å²) in [5, 5.41) is 4.20. The number of allylic oxidation sites excluding steroid dienone is 4. The average molecular weight is 274 g/mol. The van der Waals surface area contributed by atoms with Crippen LogP contribution in [0.5, 0.6) is 0 Å². The van der Waals surface area contributed by atoms with Crippen molar-refractivity contribution in [3.63, 3.8) is 0 Å². The number of hydrogen-bond acceptors (Lipinski definition) is 3. The van der Waals surface area contributed by atoms with E-state index in [2.05, 4.69) is 10.1 Å². The van der Waals surface area contributed by atoms with Gasteiger partial charge < -0.3 is 9.01 Å². The fourth-order valence-electron chi connectivity index (χ4n) is 3.58. The molecule has 0 saturated carbocycles. The van der Waals surface area contributed by atoms with Gasteiger partial charge in [0.25, 0.3) is 5.89 Å². The maximum absolute atomic E-state index is 5.42. The summed E-state index contributed by atoms with van der Waals surface area (Å²) in [6.45, 7) is 8.80. The maximum atomic E-state index is 5.42. The first-order valence-electron chi connectivity index (χ1n) is 7.72. The van der Waals surface area contributed by atoms with Crippen LogP contribution in [0.25, 0.3) is 5.57 Å². The summed E-state index contributed by atoms with van der Waals surface area (Å²) < 4.78 is 6.59. The zero-order valence-corrected chi connectivity index (χ0v) is 12.5. The molecule has 4 rings (SSSR count). The quantitative estimate of drug-likeness (QED) is 0.625. The molecule has 0 N–H and O–H groups in total. The molecule has 3 fully saturated rings. The van der Waals surface area contributed by atoms with Crippen molar-refractivity contribution in [2.45, 2.75) is 39.7 Å². The van der Waals surface area contributed by atoms with Crippen LogP contribution < -0.4 is 0 Å². The smallest absolute Gasteiger partial charge is 0.257 e. The molecular formula is C16H24N3O+. The van der Waals surface area contributed by atoms with Gasteiger partial charge in [-0.2, -0.15) is 4.98 Å². The molecule has 20 heavy (non-hydrogen) atoms. The van der Waals surface area contributed by atoms with Crippen LogP contribution in [0.4, 0.5) is 0 Å². The van der Waals surface area contributed by atoms with E-state index in [0.29, 0.717) is 5.89 Å². The van der Waals surface area contributed by atoms with Crippen molar-refractivity contribution in [1.82, 2.24) is 10.1 Å². The van der Waals surface area contributed by atoms with E-state index < -0.39 is 0 Å². The van der Waals surface area contributed by atoms with E-state index in [-0.39, 0.29) is 0 Å². The Balaban J connectivity index is 1.74. The highest BCUT2D eigenvalue weighted by atomic mass is 16.5. The lowest BCUT2D eigenvalue weighted by molar-refractivity contribution is -0.955. The molecule has 0 radical (unpaired) electrons. The molecule has 1 aromatic heterocycles. The van der Waals surface area contributed by atoms with Crippen LogP contribution in [0.3, 0.4) is 0 Å². The molecule has 0 atom stereocenters. The van der Waals surface area contributed by atoms with E-state index in [1.807, 2.05) is 32.1 Å². The van der Waals surface area contributed by atoms with Crippen molar-refractivity contribution < 1.29 is 9.01 Å². The van der Waals surface area contributed by atoms with Gasteiger partial charge in [0, 0.05) is 5.57 Å². The van der Waals surface area contributed by atoms with Gasteiger partial charge in [-0.15, -0.1) is 0 Å². The number of rotatable bonds is 4. The van der Waals surface area contributed by atoms with Gasteiger partial charge in [-0.05, 0) is 39.0 Å². The maximum Gasteiger partial charge on any atom is 0.257 e. The molecular weight excluding hydrogens is 250 g/mol. The van der Waals surface area contributed by atoms with Gasteiger partial charge in [0.2, 0.25) is 5.82 Å². The number of quaternary nitrogens is 1. The number of nitrogens with zero attached hydrogens (tertiary/aromatic N) is 3. The fraction of sp³-hybridized carbons (Fsp3) is 0.625. The van der Waals surface area contributed by atoms with Crippen molar-refractivity contribution in [1.29, 1.82) is 0 Å². The number of fused-ring (bicyclic) bond motifs is 3. The SMILES string of the molecule is CC=CC(=CC)c1nc(C[N+]23CCC(CC2)CC3)no1. The molecule has 4 heterocycles. The molecule has 4 nitrogen and oxygen atoms in total. The molecule has 3 aliphatic heterocycles. The second-order valence-electron chi connectivity index (χ2n) is 6.16. The van der Waals surface area contributed by atoms with Gasteiger partial charge in [-0.25, -0.2) is 0 Å². The standard InChI is InChI=1S/C16H24N3O/c1-3-5-14(4-2)16-17-15(18-20-16)12-19-9-6-13(7-10-19)8-11-19/h3-5,13H,6-12H2,1-2H3/q+1. The van der Waals surface area contributed by atoms with E-state index in [1.165, 1.54) is 43.4 Å². The van der Waals surface area contributed by atoms with Gasteiger partial charge in [-0.1, -0.05) is 23.4 Å². The van der Waals surface area contributed by atoms with Crippen LogP contribution in [0.2, 0.25) is 0 Å². The van der Waals surface area contributed by atoms with E-state index in [1.54, 1.807) is 0 Å². The Kier molecular flexibility index (Phi) is 3.74. The molecule has 0 unspecified atom stereocenters. The Bertz CT molecular complexity index is 508. The van der Waals surface area contributed by atoms with Crippen LogP contribution in [0.15, 0.2) is 22.8 Å². The van der Waals surface area contributed by atoms with Crippen LogP contribution in [0.1, 0.15) is 44.8 Å². The summed E-state index contributed by atoms with van der Waals surface area (Å²) in [6, 6.07) is 0. The topological polar surface area (TPSA) is 38.9 Å². The second-order valence-corrected chi connectivity index (χ2v) is 6.16. The van der Waals surface area contributed by atoms with Crippen LogP contribution >= 0.6 is 0 Å². The highest BCUT2D eigenvalue weighted by molar-refractivity contribution is 5.67. The highest BCUT2D eigenvalue weighted by Gasteiger charge is 2.40. The molecule has 0 aromatic carbocycles. The Morgan fingerprint density at radius 1 is 1.25 bits per heavy atom. The number of piperidine rings is 3. The van der Waals surface area contributed by atoms with E-state index in [0.717, 1.165) is 23.9 Å². The molecule has 2 bridgehead atoms. The lowest BCUT2D eigenvalue weighted by Gasteiger charge is -2.48. The van der Waals surface area contributed by atoms with E-state index in [9.17, 15) is 0 Å². The minimum Gasteiger partial charge on any atom is -0.334 e. The summed E-state index contributed by atoms with van der Waals surface area (Å²) in [4.78, 5) is 4.59. The van der Waals surface area contributed by atoms with Crippen LogP contribution in [-0.2, 0) is 6.54 Å². The van der Waals surface area contributed by atoms with Gasteiger partial charge in [0.05, 0.1) is 19.6 Å². The first-order chi connectivity index (χ1) is 9.74. The van der Waals surface area contributed by atoms with Gasteiger partial charge in [-0.3, -0.25) is 0 Å². The fourth-order valence-corrected chi connectivity index (χ4v) is 3.58. The first kappa shape index (κ1) is 13.6. The van der Waals surface area contributed by atoms with Gasteiger partial charge >= 0.3 is 0 Å². The third kappa shape index (κ3) is 2.57. The predicted molar refractivity (Wildman–Crippen MR) is 78.7 cm³/mol. The lowest BCUT2D eigenvalue weighted by atomic mass is 9.86. The Morgan fingerprint density at radius 3 is 2.55 bits per heavy atom. The molecule has 4 heteroatoms. The average Bonchev–Trinajstić information content (AvgIpc) is 2.94. The normalized spacial score (nSPS) is 30.3. The minimum atomic E-state index is 0.644. The van der Waals surface area contributed by atoms with Crippen molar-refractivity contribution >= 4 is 5.57 Å². The summed E-state index contributed by atoms with van der Waals surface area (Å²) in [6.07, 6.45) is 10.2. The molecule has 3 aliphatic rings. The Hall–Kier alpha value is -1.42. The third-order valence-electron chi connectivity index (χ3n) is 4.88. The number of aromatic nitrogens is 2. The third-order valence-corrected chi connectivity index (χ3v) is 4.88. The van der Waals surface area contributed by atoms with Crippen molar-refractivity contribution in [2.75, 3.05) is 19.6 Å². The largest absolute Gasteiger partial charge is 0.334 e.